The largest absolute Gasteiger partial charge is 0.442 e. The van der Waals surface area contributed by atoms with Crippen molar-refractivity contribution in [1.29, 1.82) is 0 Å². The van der Waals surface area contributed by atoms with Gasteiger partial charge in [-0.05, 0) is 59.5 Å². The van der Waals surface area contributed by atoms with Gasteiger partial charge in [0.05, 0.1) is 30.5 Å². The van der Waals surface area contributed by atoms with Crippen molar-refractivity contribution in [2.24, 2.45) is 5.92 Å². The van der Waals surface area contributed by atoms with E-state index in [1.165, 1.54) is 6.08 Å². The van der Waals surface area contributed by atoms with Crippen LogP contribution in [0.15, 0.2) is 36.0 Å². The molecule has 4 rings (SSSR count). The highest BCUT2D eigenvalue weighted by Crippen LogP contribution is 2.46. The number of carbonyl (C=O) groups is 2. The average Bonchev–Trinajstić information content (AvgIpc) is 3.69. The molecule has 10 heteroatoms. The van der Waals surface area contributed by atoms with Crippen LogP contribution in [-0.2, 0) is 23.7 Å². The normalized spacial score (nSPS) is 36.5. The molecule has 4 saturated heterocycles. The number of hydrogen-bond acceptors (Lipinski definition) is 8. The maximum Gasteiger partial charge on any atom is 0.410 e. The van der Waals surface area contributed by atoms with Gasteiger partial charge in [-0.25, -0.2) is 4.79 Å². The first-order valence-corrected chi connectivity index (χ1v) is 16.1. The molecule has 4 aliphatic heterocycles. The van der Waals surface area contributed by atoms with Gasteiger partial charge in [0, 0.05) is 37.1 Å². The first kappa shape index (κ1) is 32.1. The van der Waals surface area contributed by atoms with Crippen LogP contribution in [0.2, 0.25) is 0 Å². The maximum absolute atomic E-state index is 12.6. The summed E-state index contributed by atoms with van der Waals surface area (Å²) in [4.78, 5) is 26.6. The zero-order chi connectivity index (χ0) is 29.8. The Bertz CT molecular complexity index is 1020. The molecule has 0 aliphatic carbocycles. The van der Waals surface area contributed by atoms with Gasteiger partial charge in [0.2, 0.25) is 5.91 Å². The second kappa shape index (κ2) is 13.6. The lowest BCUT2D eigenvalue weighted by Gasteiger charge is -2.41. The number of nitrogens with zero attached hydrogens (tertiary/aromatic N) is 1. The Labute approximate surface area is 249 Å². The number of hydrogen-bond donors (Lipinski definition) is 2. The van der Waals surface area contributed by atoms with Crippen molar-refractivity contribution in [3.8, 4) is 0 Å². The summed E-state index contributed by atoms with van der Waals surface area (Å²) >= 11 is 1.83. The molecule has 0 bridgehead atoms. The van der Waals surface area contributed by atoms with Gasteiger partial charge in [-0.2, -0.15) is 11.8 Å². The molecule has 41 heavy (non-hydrogen) atoms. The zero-order valence-corrected chi connectivity index (χ0v) is 26.2. The van der Waals surface area contributed by atoms with Gasteiger partial charge in [0.25, 0.3) is 0 Å². The molecule has 4 aliphatic rings. The summed E-state index contributed by atoms with van der Waals surface area (Å²) in [6, 6.07) is -0.0997. The summed E-state index contributed by atoms with van der Waals surface area (Å²) in [6.45, 7) is 14.0. The van der Waals surface area contributed by atoms with Crippen LogP contribution in [0.5, 0.6) is 0 Å². The zero-order valence-electron chi connectivity index (χ0n) is 25.3. The summed E-state index contributed by atoms with van der Waals surface area (Å²) in [7, 11) is 0. The number of allylic oxidation sites excluding steroid dienone is 2. The quantitative estimate of drug-likeness (QED) is 0.247. The Morgan fingerprint density at radius 1 is 1.22 bits per heavy atom. The van der Waals surface area contributed by atoms with Crippen LogP contribution in [-0.4, -0.2) is 101 Å². The van der Waals surface area contributed by atoms with Gasteiger partial charge in [0.15, 0.2) is 0 Å². The fraction of sp³-hybridized carbons (Fsp3) is 0.742. The summed E-state index contributed by atoms with van der Waals surface area (Å²) in [5.41, 5.74) is 0.269. The Kier molecular flexibility index (Phi) is 10.7. The van der Waals surface area contributed by atoms with Crippen LogP contribution >= 0.6 is 11.8 Å². The van der Waals surface area contributed by atoms with Crippen molar-refractivity contribution in [1.82, 2.24) is 10.2 Å². The minimum atomic E-state index is -0.666. The lowest BCUT2D eigenvalue weighted by Crippen LogP contribution is -2.53. The van der Waals surface area contributed by atoms with E-state index in [0.717, 1.165) is 29.9 Å². The standard InChI is InChI=1S/C31H48N2O7S/c1-20(8-11-26-28(35)31(19-37-31)18-30(5,6)40-26)7-10-25-21(2)17-24(23(4)39-25)32-27(34)12-9-22(3)38-29(36)33-13-15-41-16-14-33/h7-9,11-12,21-26,28,35H,10,13-19H2,1-6H3,(H,32,34)/b11-8+,12-9-,20-7+/t21-,22-,23+,24+,25-,26+,28+,31+/m0/s1. The molecule has 8 atom stereocenters. The van der Waals surface area contributed by atoms with Crippen molar-refractivity contribution in [3.63, 3.8) is 0 Å². The van der Waals surface area contributed by atoms with Crippen LogP contribution in [0.1, 0.15) is 60.8 Å². The van der Waals surface area contributed by atoms with Crippen LogP contribution in [0.25, 0.3) is 0 Å². The minimum Gasteiger partial charge on any atom is -0.442 e. The number of rotatable bonds is 8. The monoisotopic (exact) mass is 592 g/mol. The third kappa shape index (κ3) is 8.83. The highest BCUT2D eigenvalue weighted by atomic mass is 32.2. The van der Waals surface area contributed by atoms with Crippen LogP contribution in [0.4, 0.5) is 4.79 Å². The predicted molar refractivity (Wildman–Crippen MR) is 160 cm³/mol. The molecule has 0 aromatic heterocycles. The molecule has 1 spiro atoms. The van der Waals surface area contributed by atoms with Gasteiger partial charge in [-0.1, -0.05) is 30.7 Å². The van der Waals surface area contributed by atoms with E-state index in [1.54, 1.807) is 17.9 Å². The second-order valence-electron chi connectivity index (χ2n) is 12.6. The van der Waals surface area contributed by atoms with Gasteiger partial charge in [0.1, 0.15) is 23.9 Å². The topological polar surface area (TPSA) is 110 Å². The predicted octanol–water partition coefficient (Wildman–Crippen LogP) is 4.00. The fourth-order valence-electron chi connectivity index (χ4n) is 5.91. The van der Waals surface area contributed by atoms with Crippen molar-refractivity contribution in [2.45, 2.75) is 109 Å². The Morgan fingerprint density at radius 3 is 2.61 bits per heavy atom. The third-order valence-electron chi connectivity index (χ3n) is 8.39. The van der Waals surface area contributed by atoms with E-state index in [9.17, 15) is 14.7 Å². The molecule has 4 heterocycles. The Balaban J connectivity index is 1.21. The number of aliphatic hydroxyl groups is 1. The van der Waals surface area contributed by atoms with Crippen molar-refractivity contribution >= 4 is 23.8 Å². The van der Waals surface area contributed by atoms with E-state index < -0.39 is 23.9 Å². The second-order valence-corrected chi connectivity index (χ2v) is 13.8. The minimum absolute atomic E-state index is 0.0447. The first-order valence-electron chi connectivity index (χ1n) is 14.9. The first-order chi connectivity index (χ1) is 19.4. The number of epoxide rings is 1. The molecule has 0 aromatic carbocycles. The summed E-state index contributed by atoms with van der Waals surface area (Å²) in [6.07, 6.45) is 9.43. The van der Waals surface area contributed by atoms with E-state index >= 15 is 0 Å². The molecule has 9 nitrogen and oxygen atoms in total. The molecule has 2 N–H and O–H groups in total. The number of nitrogens with one attached hydrogen (secondary N) is 1. The third-order valence-corrected chi connectivity index (χ3v) is 9.33. The van der Waals surface area contributed by atoms with Crippen LogP contribution in [0, 0.1) is 5.92 Å². The molecule has 4 fully saturated rings. The molecule has 0 radical (unpaired) electrons. The van der Waals surface area contributed by atoms with E-state index in [2.05, 4.69) is 18.3 Å². The lowest BCUT2D eigenvalue weighted by molar-refractivity contribution is -0.171. The highest BCUT2D eigenvalue weighted by molar-refractivity contribution is 7.99. The van der Waals surface area contributed by atoms with Crippen LogP contribution in [0.3, 0.4) is 0 Å². The lowest BCUT2D eigenvalue weighted by atomic mass is 9.83. The molecule has 2 amide bonds. The van der Waals surface area contributed by atoms with Gasteiger partial charge in [-0.15, -0.1) is 0 Å². The molecule has 0 aromatic rings. The van der Waals surface area contributed by atoms with Crippen molar-refractivity contribution < 1.29 is 33.6 Å². The van der Waals surface area contributed by atoms with Gasteiger partial charge < -0.3 is 34.3 Å². The number of aliphatic hydroxyl groups excluding tert-OH is 1. The van der Waals surface area contributed by atoms with E-state index in [4.69, 9.17) is 18.9 Å². The number of thioether (sulfide) groups is 1. The van der Waals surface area contributed by atoms with Gasteiger partial charge >= 0.3 is 6.09 Å². The van der Waals surface area contributed by atoms with E-state index in [1.807, 2.05) is 51.6 Å². The molecular weight excluding hydrogens is 544 g/mol. The smallest absolute Gasteiger partial charge is 0.410 e. The van der Waals surface area contributed by atoms with E-state index in [-0.39, 0.29) is 41.8 Å². The van der Waals surface area contributed by atoms with E-state index in [0.29, 0.717) is 26.1 Å². The SMILES string of the molecule is CC(/C=C/[C@H]1OC(C)(C)C[C@@]2(CO2)[C@@H]1O)=C\C[C@@H]1O[C@H](C)[C@H](NC(=O)/C=C\[C@H](C)OC(=O)N2CCSCC2)C[C@@H]1C. The molecule has 0 unspecified atom stereocenters. The highest BCUT2D eigenvalue weighted by Gasteiger charge is 2.60. The summed E-state index contributed by atoms with van der Waals surface area (Å²) in [5.74, 6) is 1.88. The van der Waals surface area contributed by atoms with Crippen molar-refractivity contribution in [2.75, 3.05) is 31.2 Å². The Hall–Kier alpha value is -1.85. The number of ether oxygens (including phenoxy) is 4. The Morgan fingerprint density at radius 2 is 1.93 bits per heavy atom. The van der Waals surface area contributed by atoms with Crippen molar-refractivity contribution in [3.05, 3.63) is 36.0 Å². The molecule has 230 valence electrons. The summed E-state index contributed by atoms with van der Waals surface area (Å²) in [5, 5.41) is 13.8. The number of carbonyl (C=O) groups excluding carboxylic acids is 2. The molecular formula is C31H48N2O7S. The average molecular weight is 593 g/mol. The number of amides is 2. The van der Waals surface area contributed by atoms with Gasteiger partial charge in [-0.3, -0.25) is 4.79 Å². The maximum atomic E-state index is 12.6. The summed E-state index contributed by atoms with van der Waals surface area (Å²) < 4.78 is 23.5. The fourth-order valence-corrected chi connectivity index (χ4v) is 6.81. The van der Waals surface area contributed by atoms with Crippen LogP contribution < -0.4 is 5.32 Å². The molecule has 0 saturated carbocycles.